The molecule has 1 amide bonds. The number of thioether (sulfide) groups is 1. The third-order valence-electron chi connectivity index (χ3n) is 6.04. The van der Waals surface area contributed by atoms with Crippen LogP contribution >= 0.6 is 11.8 Å². The number of nitrogens with one attached hydrogen (secondary N) is 1. The van der Waals surface area contributed by atoms with E-state index in [4.69, 9.17) is 14.2 Å². The molecule has 0 aliphatic carbocycles. The molecule has 2 aromatic carbocycles. The highest BCUT2D eigenvalue weighted by molar-refractivity contribution is 8.00. The highest BCUT2D eigenvalue weighted by Crippen LogP contribution is 2.44. The monoisotopic (exact) mass is 502 g/mol. The summed E-state index contributed by atoms with van der Waals surface area (Å²) in [5, 5.41) is 3.03. The van der Waals surface area contributed by atoms with Crippen LogP contribution in [-0.4, -0.2) is 63.3 Å². The average Bonchev–Trinajstić information content (AvgIpc) is 3.51. The Morgan fingerprint density at radius 1 is 1.11 bits per heavy atom. The summed E-state index contributed by atoms with van der Waals surface area (Å²) in [7, 11) is 0. The topological polar surface area (TPSA) is 77.1 Å². The van der Waals surface area contributed by atoms with Gasteiger partial charge in [-0.25, -0.2) is 9.18 Å². The zero-order valence-electron chi connectivity index (χ0n) is 19.8. The largest absolute Gasteiger partial charge is 0.460 e. The molecule has 2 aliphatic heterocycles. The first-order chi connectivity index (χ1) is 17.0. The Bertz CT molecular complexity index is 1010. The number of amides is 1. The van der Waals surface area contributed by atoms with E-state index in [2.05, 4.69) is 5.32 Å². The lowest BCUT2D eigenvalue weighted by atomic mass is 10.1. The maximum atomic E-state index is 13.4. The summed E-state index contributed by atoms with van der Waals surface area (Å²) < 4.78 is 30.0. The molecule has 0 spiro atoms. The first-order valence-corrected chi connectivity index (χ1v) is 12.9. The number of hydrogen-bond donors (Lipinski definition) is 1. The van der Waals surface area contributed by atoms with Crippen LogP contribution in [0.4, 0.5) is 10.1 Å². The summed E-state index contributed by atoms with van der Waals surface area (Å²) >= 11 is 1.45. The summed E-state index contributed by atoms with van der Waals surface area (Å²) in [5.41, 5.74) is 2.42. The molecule has 2 fully saturated rings. The Morgan fingerprint density at radius 3 is 2.66 bits per heavy atom. The SMILES string of the molecule is Cc1cccc(C(=O)OCCOCCOCC2CCCN2)c1N1C(=O)CSC1c1ccc(F)cc1. The Balaban J connectivity index is 1.32. The summed E-state index contributed by atoms with van der Waals surface area (Å²) in [6.45, 7) is 4.87. The Labute approximate surface area is 209 Å². The van der Waals surface area contributed by atoms with E-state index in [0.29, 0.717) is 37.1 Å². The van der Waals surface area contributed by atoms with Crippen molar-refractivity contribution in [2.24, 2.45) is 0 Å². The molecule has 2 unspecified atom stereocenters. The summed E-state index contributed by atoms with van der Waals surface area (Å²) in [5.74, 6) is -0.686. The van der Waals surface area contributed by atoms with Crippen LogP contribution in [0.5, 0.6) is 0 Å². The van der Waals surface area contributed by atoms with Crippen LogP contribution in [0.3, 0.4) is 0 Å². The van der Waals surface area contributed by atoms with Gasteiger partial charge in [-0.1, -0.05) is 24.3 Å². The van der Waals surface area contributed by atoms with E-state index in [-0.39, 0.29) is 36.1 Å². The molecule has 0 saturated carbocycles. The van der Waals surface area contributed by atoms with E-state index < -0.39 is 5.97 Å². The molecule has 7 nitrogen and oxygen atoms in total. The third kappa shape index (κ3) is 6.61. The summed E-state index contributed by atoms with van der Waals surface area (Å²) in [4.78, 5) is 27.4. The zero-order chi connectivity index (χ0) is 24.6. The van der Waals surface area contributed by atoms with Crippen LogP contribution in [-0.2, 0) is 19.0 Å². The molecule has 2 heterocycles. The first kappa shape index (κ1) is 25.6. The van der Waals surface area contributed by atoms with Crippen molar-refractivity contribution in [2.45, 2.75) is 31.2 Å². The molecule has 4 rings (SSSR count). The van der Waals surface area contributed by atoms with Gasteiger partial charge in [0.2, 0.25) is 5.91 Å². The predicted molar refractivity (Wildman–Crippen MR) is 133 cm³/mol. The number of benzene rings is 2. The van der Waals surface area contributed by atoms with Gasteiger partial charge < -0.3 is 19.5 Å². The van der Waals surface area contributed by atoms with E-state index in [1.54, 1.807) is 29.2 Å². The molecule has 0 radical (unpaired) electrons. The van der Waals surface area contributed by atoms with Crippen LogP contribution in [0.15, 0.2) is 42.5 Å². The fourth-order valence-corrected chi connectivity index (χ4v) is 5.46. The molecule has 0 bridgehead atoms. The molecule has 2 aliphatic rings. The highest BCUT2D eigenvalue weighted by Gasteiger charge is 2.37. The van der Waals surface area contributed by atoms with Crippen molar-refractivity contribution in [3.8, 4) is 0 Å². The van der Waals surface area contributed by atoms with Gasteiger partial charge in [0.1, 0.15) is 17.8 Å². The number of halogens is 1. The number of ether oxygens (including phenoxy) is 3. The molecular formula is C26H31FN2O5S. The molecule has 2 atom stereocenters. The standard InChI is InChI=1S/C26H31FN2O5S/c1-18-4-2-6-22(26(31)34-15-14-32-12-13-33-16-21-5-3-11-28-21)24(18)29-23(30)17-35-25(29)19-7-9-20(27)10-8-19/h2,4,6-10,21,25,28H,3,5,11-17H2,1H3. The van der Waals surface area contributed by atoms with Gasteiger partial charge >= 0.3 is 5.97 Å². The van der Waals surface area contributed by atoms with Crippen molar-refractivity contribution < 1.29 is 28.2 Å². The van der Waals surface area contributed by atoms with Crippen molar-refractivity contribution in [3.05, 3.63) is 65.0 Å². The lowest BCUT2D eigenvalue weighted by Gasteiger charge is -2.27. The normalized spacial score (nSPS) is 19.9. The number of aryl methyl sites for hydroxylation is 1. The number of rotatable bonds is 11. The van der Waals surface area contributed by atoms with E-state index in [0.717, 1.165) is 24.1 Å². The maximum absolute atomic E-state index is 13.4. The fourth-order valence-electron chi connectivity index (χ4n) is 4.30. The van der Waals surface area contributed by atoms with Crippen molar-refractivity contribution in [2.75, 3.05) is 50.2 Å². The quantitative estimate of drug-likeness (QED) is 0.369. The third-order valence-corrected chi connectivity index (χ3v) is 7.25. The van der Waals surface area contributed by atoms with Crippen molar-refractivity contribution in [1.29, 1.82) is 0 Å². The second-order valence-corrected chi connectivity index (χ2v) is 9.63. The van der Waals surface area contributed by atoms with Crippen LogP contribution < -0.4 is 10.2 Å². The zero-order valence-corrected chi connectivity index (χ0v) is 20.7. The number of anilines is 1. The van der Waals surface area contributed by atoms with Crippen LogP contribution in [0.2, 0.25) is 0 Å². The van der Waals surface area contributed by atoms with Gasteiger partial charge in [-0.3, -0.25) is 9.69 Å². The summed E-state index contributed by atoms with van der Waals surface area (Å²) in [6, 6.07) is 11.8. The number of carbonyl (C=O) groups excluding carboxylic acids is 2. The average molecular weight is 503 g/mol. The Kier molecular flexibility index (Phi) is 9.14. The van der Waals surface area contributed by atoms with E-state index in [1.807, 2.05) is 13.0 Å². The minimum atomic E-state index is -0.515. The van der Waals surface area contributed by atoms with Gasteiger partial charge in [-0.15, -0.1) is 11.8 Å². The molecule has 9 heteroatoms. The number of carbonyl (C=O) groups is 2. The lowest BCUT2D eigenvalue weighted by molar-refractivity contribution is -0.115. The summed E-state index contributed by atoms with van der Waals surface area (Å²) in [6.07, 6.45) is 2.33. The number of para-hydroxylation sites is 1. The number of esters is 1. The second kappa shape index (κ2) is 12.5. The highest BCUT2D eigenvalue weighted by atomic mass is 32.2. The minimum Gasteiger partial charge on any atom is -0.460 e. The second-order valence-electron chi connectivity index (χ2n) is 8.57. The van der Waals surface area contributed by atoms with Gasteiger partial charge in [-0.05, 0) is 55.6 Å². The molecule has 2 saturated heterocycles. The van der Waals surface area contributed by atoms with Crippen LogP contribution in [0.1, 0.15) is 39.7 Å². The van der Waals surface area contributed by atoms with Crippen molar-refractivity contribution in [3.63, 3.8) is 0 Å². The Morgan fingerprint density at radius 2 is 1.89 bits per heavy atom. The minimum absolute atomic E-state index is 0.0977. The van der Waals surface area contributed by atoms with Crippen LogP contribution in [0, 0.1) is 12.7 Å². The van der Waals surface area contributed by atoms with Gasteiger partial charge in [0.05, 0.1) is 43.4 Å². The lowest BCUT2D eigenvalue weighted by Crippen LogP contribution is -2.30. The van der Waals surface area contributed by atoms with Gasteiger partial charge in [-0.2, -0.15) is 0 Å². The molecular weight excluding hydrogens is 471 g/mol. The molecule has 0 aromatic heterocycles. The maximum Gasteiger partial charge on any atom is 0.340 e. The van der Waals surface area contributed by atoms with Crippen molar-refractivity contribution in [1.82, 2.24) is 5.32 Å². The van der Waals surface area contributed by atoms with E-state index in [9.17, 15) is 14.0 Å². The van der Waals surface area contributed by atoms with E-state index >= 15 is 0 Å². The number of hydrogen-bond acceptors (Lipinski definition) is 7. The van der Waals surface area contributed by atoms with Crippen LogP contribution in [0.25, 0.3) is 0 Å². The van der Waals surface area contributed by atoms with E-state index in [1.165, 1.54) is 30.3 Å². The van der Waals surface area contributed by atoms with Gasteiger partial charge in [0, 0.05) is 6.04 Å². The molecule has 35 heavy (non-hydrogen) atoms. The van der Waals surface area contributed by atoms with Gasteiger partial charge in [0.15, 0.2) is 0 Å². The van der Waals surface area contributed by atoms with Crippen molar-refractivity contribution >= 4 is 29.3 Å². The smallest absolute Gasteiger partial charge is 0.340 e. The Hall–Kier alpha value is -2.46. The fraction of sp³-hybridized carbons (Fsp3) is 0.462. The number of nitrogens with zero attached hydrogens (tertiary/aromatic N) is 1. The first-order valence-electron chi connectivity index (χ1n) is 11.9. The van der Waals surface area contributed by atoms with Gasteiger partial charge in [0.25, 0.3) is 0 Å². The molecule has 1 N–H and O–H groups in total. The molecule has 188 valence electrons. The predicted octanol–water partition coefficient (Wildman–Crippen LogP) is 3.85. The molecule has 2 aromatic rings.